The van der Waals surface area contributed by atoms with Gasteiger partial charge in [-0.2, -0.15) is 5.10 Å². The molecule has 0 atom stereocenters. The number of anilines is 3. The molecule has 12 heteroatoms. The number of hydrazone groups is 1. The van der Waals surface area contributed by atoms with Gasteiger partial charge < -0.3 is 4.42 Å². The van der Waals surface area contributed by atoms with Gasteiger partial charge in [-0.1, -0.05) is 36.4 Å². The van der Waals surface area contributed by atoms with Crippen LogP contribution in [0.5, 0.6) is 0 Å². The van der Waals surface area contributed by atoms with Crippen molar-refractivity contribution in [2.45, 2.75) is 26.2 Å². The lowest BCUT2D eigenvalue weighted by molar-refractivity contribution is -0.393. The van der Waals surface area contributed by atoms with E-state index in [-0.39, 0.29) is 11.4 Å². The summed E-state index contributed by atoms with van der Waals surface area (Å²) in [6.45, 7) is 1.77. The van der Waals surface area contributed by atoms with Crippen LogP contribution in [0.3, 0.4) is 0 Å². The number of nitro benzene ring substituents is 2. The third kappa shape index (κ3) is 5.23. The molecule has 1 aromatic heterocycles. The van der Waals surface area contributed by atoms with Crippen molar-refractivity contribution in [3.8, 4) is 0 Å². The Morgan fingerprint density at radius 1 is 0.925 bits per heavy atom. The van der Waals surface area contributed by atoms with Gasteiger partial charge in [0.2, 0.25) is 0 Å². The van der Waals surface area contributed by atoms with Crippen LogP contribution >= 0.6 is 0 Å². The summed E-state index contributed by atoms with van der Waals surface area (Å²) in [5, 5.41) is 28.6. The van der Waals surface area contributed by atoms with E-state index in [1.165, 1.54) is 12.1 Å². The molecule has 0 radical (unpaired) electrons. The first-order chi connectivity index (χ1) is 19.3. The van der Waals surface area contributed by atoms with Crippen LogP contribution in [-0.2, 0) is 6.42 Å². The normalized spacial score (nSPS) is 13.4. The Kier molecular flexibility index (Phi) is 7.22. The molecule has 0 unspecified atom stereocenters. The average Bonchev–Trinajstić information content (AvgIpc) is 3.32. The Balaban J connectivity index is 1.44. The number of rotatable bonds is 8. The van der Waals surface area contributed by atoms with E-state index in [1.54, 1.807) is 11.9 Å². The van der Waals surface area contributed by atoms with Crippen LogP contribution in [0.15, 0.2) is 88.4 Å². The fourth-order valence-corrected chi connectivity index (χ4v) is 4.59. The van der Waals surface area contributed by atoms with Gasteiger partial charge >= 0.3 is 11.6 Å². The molecule has 0 saturated heterocycles. The van der Waals surface area contributed by atoms with E-state index in [0.29, 0.717) is 41.9 Å². The number of carbonyl (C=O) groups is 1. The minimum absolute atomic E-state index is 0.00991. The van der Waals surface area contributed by atoms with E-state index in [1.807, 2.05) is 60.7 Å². The van der Waals surface area contributed by atoms with E-state index in [9.17, 15) is 25.0 Å². The van der Waals surface area contributed by atoms with Crippen molar-refractivity contribution in [1.29, 1.82) is 0 Å². The van der Waals surface area contributed by atoms with E-state index in [4.69, 9.17) is 4.42 Å². The third-order valence-corrected chi connectivity index (χ3v) is 6.47. The van der Waals surface area contributed by atoms with Crippen molar-refractivity contribution in [2.75, 3.05) is 10.4 Å². The van der Waals surface area contributed by atoms with Gasteiger partial charge in [0.1, 0.15) is 11.4 Å². The number of aryl methyl sites for hydroxylation is 1. The lowest BCUT2D eigenvalue weighted by Crippen LogP contribution is -2.39. The minimum atomic E-state index is -0.710. The zero-order valence-electron chi connectivity index (χ0n) is 21.4. The Labute approximate surface area is 228 Å². The van der Waals surface area contributed by atoms with Crippen molar-refractivity contribution >= 4 is 40.1 Å². The number of carbonyl (C=O) groups excluding carboxylic acids is 1. The van der Waals surface area contributed by atoms with Gasteiger partial charge in [-0.3, -0.25) is 40.9 Å². The van der Waals surface area contributed by atoms with Crippen LogP contribution in [0.25, 0.3) is 0 Å². The molecule has 5 rings (SSSR count). The van der Waals surface area contributed by atoms with Gasteiger partial charge in [0.05, 0.1) is 33.0 Å². The molecule has 1 heterocycles. The molecular formula is C28H24N6O6. The standard InChI is InChI=1S/C28H24N6O6/c1-18-26-23(30-29-22-16-15-21(33(36)37)17-24(22)34(38)39)13-8-14-25(26)40-27(18)28(35)31-32(19-9-4-2-5-10-19)20-11-6-3-7-12-20/h2-7,9-12,15-17,29H,8,13-14H2,1H3,(H,31,35)/b30-23+. The van der Waals surface area contributed by atoms with E-state index in [2.05, 4.69) is 16.0 Å². The molecular weight excluding hydrogens is 516 g/mol. The SMILES string of the molecule is Cc1c(C(=O)NN(c2ccccc2)c2ccccc2)oc2c1/C(=N/Nc1ccc([N+](=O)[O-])cc1[N+](=O)[O-])CCC2. The van der Waals surface area contributed by atoms with Crippen LogP contribution < -0.4 is 15.9 Å². The van der Waals surface area contributed by atoms with Gasteiger partial charge in [0, 0.05) is 23.6 Å². The third-order valence-electron chi connectivity index (χ3n) is 6.47. The zero-order valence-corrected chi connectivity index (χ0v) is 21.4. The van der Waals surface area contributed by atoms with E-state index in [0.717, 1.165) is 17.4 Å². The maximum Gasteiger partial charge on any atom is 0.306 e. The molecule has 4 aromatic rings. The van der Waals surface area contributed by atoms with Crippen molar-refractivity contribution in [1.82, 2.24) is 5.43 Å². The average molecular weight is 541 g/mol. The number of nitrogens with zero attached hydrogens (tertiary/aromatic N) is 4. The quantitative estimate of drug-likeness (QED) is 0.202. The number of furan rings is 1. The molecule has 40 heavy (non-hydrogen) atoms. The summed E-state index contributed by atoms with van der Waals surface area (Å²) in [5.74, 6) is 0.286. The first-order valence-corrected chi connectivity index (χ1v) is 12.4. The number of amides is 1. The smallest absolute Gasteiger partial charge is 0.306 e. The molecule has 3 aromatic carbocycles. The second-order valence-corrected chi connectivity index (χ2v) is 9.04. The summed E-state index contributed by atoms with van der Waals surface area (Å²) >= 11 is 0. The monoisotopic (exact) mass is 540 g/mol. The number of hydrazine groups is 1. The Morgan fingerprint density at radius 2 is 1.57 bits per heavy atom. The van der Waals surface area contributed by atoms with Crippen molar-refractivity contribution in [2.24, 2.45) is 5.10 Å². The summed E-state index contributed by atoms with van der Waals surface area (Å²) in [5.41, 5.74) is 8.10. The lowest BCUT2D eigenvalue weighted by atomic mass is 9.93. The van der Waals surface area contributed by atoms with E-state index < -0.39 is 27.1 Å². The largest absolute Gasteiger partial charge is 0.455 e. The van der Waals surface area contributed by atoms with Gasteiger partial charge in [0.15, 0.2) is 5.76 Å². The molecule has 1 amide bonds. The molecule has 0 fully saturated rings. The van der Waals surface area contributed by atoms with Gasteiger partial charge in [-0.05, 0) is 50.1 Å². The lowest BCUT2D eigenvalue weighted by Gasteiger charge is -2.25. The molecule has 2 N–H and O–H groups in total. The molecule has 202 valence electrons. The second-order valence-electron chi connectivity index (χ2n) is 9.04. The molecule has 0 saturated carbocycles. The minimum Gasteiger partial charge on any atom is -0.455 e. The first-order valence-electron chi connectivity index (χ1n) is 12.4. The number of hydrogen-bond donors (Lipinski definition) is 2. The second kappa shape index (κ2) is 11.1. The Hall–Kier alpha value is -5.52. The first kappa shape index (κ1) is 26.1. The highest BCUT2D eigenvalue weighted by molar-refractivity contribution is 6.07. The van der Waals surface area contributed by atoms with Crippen molar-refractivity contribution in [3.63, 3.8) is 0 Å². The maximum atomic E-state index is 13.5. The molecule has 12 nitrogen and oxygen atoms in total. The Morgan fingerprint density at radius 3 is 2.17 bits per heavy atom. The fraction of sp³-hybridized carbons (Fsp3) is 0.143. The molecule has 1 aliphatic rings. The maximum absolute atomic E-state index is 13.5. The number of para-hydroxylation sites is 2. The fourth-order valence-electron chi connectivity index (χ4n) is 4.59. The molecule has 1 aliphatic carbocycles. The molecule has 0 bridgehead atoms. The molecule has 0 spiro atoms. The number of nitro groups is 2. The number of fused-ring (bicyclic) bond motifs is 1. The van der Waals surface area contributed by atoms with Crippen LogP contribution in [0.4, 0.5) is 28.4 Å². The number of nitrogens with one attached hydrogen (secondary N) is 2. The van der Waals surface area contributed by atoms with Crippen LogP contribution in [0.1, 0.15) is 40.3 Å². The van der Waals surface area contributed by atoms with Gasteiger partial charge in [-0.15, -0.1) is 0 Å². The van der Waals surface area contributed by atoms with Gasteiger partial charge in [0.25, 0.3) is 5.69 Å². The van der Waals surface area contributed by atoms with Crippen molar-refractivity contribution < 1.29 is 19.1 Å². The zero-order chi connectivity index (χ0) is 28.2. The highest BCUT2D eigenvalue weighted by atomic mass is 16.6. The van der Waals surface area contributed by atoms with Crippen molar-refractivity contribution in [3.05, 3.63) is 122 Å². The highest BCUT2D eigenvalue weighted by Gasteiger charge is 2.29. The summed E-state index contributed by atoms with van der Waals surface area (Å²) in [6, 6.07) is 22.1. The Bertz CT molecular complexity index is 1580. The topological polar surface area (TPSA) is 156 Å². The summed E-state index contributed by atoms with van der Waals surface area (Å²) in [6.07, 6.45) is 1.84. The van der Waals surface area contributed by atoms with Crippen LogP contribution in [0.2, 0.25) is 0 Å². The van der Waals surface area contributed by atoms with Gasteiger partial charge in [-0.25, -0.2) is 0 Å². The summed E-state index contributed by atoms with van der Waals surface area (Å²) < 4.78 is 6.03. The highest BCUT2D eigenvalue weighted by Crippen LogP contribution is 2.33. The molecule has 0 aliphatic heterocycles. The number of benzene rings is 3. The summed E-state index contributed by atoms with van der Waals surface area (Å²) in [7, 11) is 0. The van der Waals surface area contributed by atoms with Crippen LogP contribution in [0, 0.1) is 27.2 Å². The number of hydrogen-bond acceptors (Lipinski definition) is 9. The summed E-state index contributed by atoms with van der Waals surface area (Å²) in [4.78, 5) is 34.6. The van der Waals surface area contributed by atoms with E-state index >= 15 is 0 Å². The van der Waals surface area contributed by atoms with Crippen LogP contribution in [-0.4, -0.2) is 21.5 Å². The predicted octanol–water partition coefficient (Wildman–Crippen LogP) is 6.04. The number of non-ortho nitro benzene ring substituents is 1. The predicted molar refractivity (Wildman–Crippen MR) is 149 cm³/mol.